The van der Waals surface area contributed by atoms with E-state index in [0.29, 0.717) is 12.1 Å². The van der Waals surface area contributed by atoms with Crippen LogP contribution in [0.4, 0.5) is 0 Å². The van der Waals surface area contributed by atoms with E-state index < -0.39 is 5.97 Å². The molecule has 2 heterocycles. The lowest BCUT2D eigenvalue weighted by atomic mass is 10.1. The monoisotopic (exact) mass is 219 g/mol. The van der Waals surface area contributed by atoms with Gasteiger partial charge in [0.15, 0.2) is 0 Å². The van der Waals surface area contributed by atoms with Gasteiger partial charge in [0.05, 0.1) is 12.6 Å². The molecule has 0 unspecified atom stereocenters. The van der Waals surface area contributed by atoms with Crippen LogP contribution >= 0.6 is 0 Å². The van der Waals surface area contributed by atoms with Crippen LogP contribution in [0.1, 0.15) is 22.5 Å². The topological polar surface area (TPSA) is 81.8 Å². The highest BCUT2D eigenvalue weighted by Gasteiger charge is 2.10. The summed E-state index contributed by atoms with van der Waals surface area (Å²) in [5, 5.41) is 15.3. The molecule has 0 aromatic carbocycles. The lowest BCUT2D eigenvalue weighted by molar-refractivity contribution is -0.136. The summed E-state index contributed by atoms with van der Waals surface area (Å²) in [7, 11) is 0. The van der Waals surface area contributed by atoms with Gasteiger partial charge in [0.1, 0.15) is 0 Å². The number of carboxylic acid groups (broad SMARTS) is 1. The van der Waals surface area contributed by atoms with E-state index in [-0.39, 0.29) is 6.42 Å². The molecule has 0 amide bonds. The third kappa shape index (κ3) is 2.13. The number of hydrogen-bond acceptors (Lipinski definition) is 2. The van der Waals surface area contributed by atoms with Crippen molar-refractivity contribution in [1.29, 1.82) is 0 Å². The van der Waals surface area contributed by atoms with Crippen LogP contribution in [0.3, 0.4) is 0 Å². The number of rotatable bonds is 4. The Morgan fingerprint density at radius 2 is 2.31 bits per heavy atom. The van der Waals surface area contributed by atoms with Gasteiger partial charge in [-0.3, -0.25) is 9.89 Å². The van der Waals surface area contributed by atoms with E-state index in [4.69, 9.17) is 5.11 Å². The van der Waals surface area contributed by atoms with Gasteiger partial charge in [-0.15, -0.1) is 0 Å². The van der Waals surface area contributed by atoms with E-state index in [1.54, 1.807) is 6.20 Å². The molecular weight excluding hydrogens is 206 g/mol. The minimum atomic E-state index is -0.853. The Balaban J connectivity index is 2.19. The average Bonchev–Trinajstić information content (AvgIpc) is 2.78. The predicted octanol–water partition coefficient (Wildman–Crippen LogP) is 1.26. The highest BCUT2D eigenvalue weighted by atomic mass is 16.4. The second-order valence-electron chi connectivity index (χ2n) is 3.76. The van der Waals surface area contributed by atoms with Gasteiger partial charge in [-0.1, -0.05) is 0 Å². The van der Waals surface area contributed by atoms with Gasteiger partial charge in [-0.25, -0.2) is 0 Å². The molecule has 0 aliphatic heterocycles. The number of hydrogen-bond donors (Lipinski definition) is 3. The first-order chi connectivity index (χ1) is 7.66. The number of carboxylic acids is 1. The zero-order chi connectivity index (χ0) is 11.5. The molecule has 16 heavy (non-hydrogen) atoms. The summed E-state index contributed by atoms with van der Waals surface area (Å²) in [4.78, 5) is 13.8. The standard InChI is InChI=1S/C11H13N3O2/c1-7-2-3-12-9(7)4-8-6-13-14-10(8)5-11(15)16/h2-3,6,12H,4-5H2,1H3,(H,13,14)(H,15,16). The van der Waals surface area contributed by atoms with Gasteiger partial charge in [0.25, 0.3) is 0 Å². The molecule has 0 saturated heterocycles. The molecular formula is C11H13N3O2. The van der Waals surface area contributed by atoms with Gasteiger partial charge in [0, 0.05) is 24.0 Å². The number of aliphatic carboxylic acids is 1. The van der Waals surface area contributed by atoms with Gasteiger partial charge < -0.3 is 10.1 Å². The smallest absolute Gasteiger partial charge is 0.309 e. The lowest BCUT2D eigenvalue weighted by Gasteiger charge is -2.00. The van der Waals surface area contributed by atoms with Crippen LogP contribution in [0.15, 0.2) is 18.5 Å². The fraction of sp³-hybridized carbons (Fsp3) is 0.273. The fourth-order valence-electron chi connectivity index (χ4n) is 1.66. The van der Waals surface area contributed by atoms with Crippen LogP contribution in [-0.4, -0.2) is 26.3 Å². The molecule has 0 saturated carbocycles. The molecule has 2 aromatic rings. The molecule has 0 spiro atoms. The largest absolute Gasteiger partial charge is 0.481 e. The van der Waals surface area contributed by atoms with E-state index in [9.17, 15) is 4.79 Å². The summed E-state index contributed by atoms with van der Waals surface area (Å²) >= 11 is 0. The van der Waals surface area contributed by atoms with Crippen LogP contribution < -0.4 is 0 Å². The third-order valence-electron chi connectivity index (χ3n) is 2.57. The summed E-state index contributed by atoms with van der Waals surface area (Å²) < 4.78 is 0. The van der Waals surface area contributed by atoms with E-state index in [0.717, 1.165) is 11.3 Å². The normalized spacial score (nSPS) is 10.6. The van der Waals surface area contributed by atoms with Crippen LogP contribution in [0.25, 0.3) is 0 Å². The second-order valence-corrected chi connectivity index (χ2v) is 3.76. The number of nitrogens with zero attached hydrogens (tertiary/aromatic N) is 1. The molecule has 84 valence electrons. The number of carbonyl (C=O) groups is 1. The van der Waals surface area contributed by atoms with Gasteiger partial charge in [0.2, 0.25) is 0 Å². The van der Waals surface area contributed by atoms with Crippen molar-refractivity contribution in [1.82, 2.24) is 15.2 Å². The number of H-pyrrole nitrogens is 2. The second kappa shape index (κ2) is 4.22. The summed E-state index contributed by atoms with van der Waals surface area (Å²) in [5.74, 6) is -0.853. The number of aromatic amines is 2. The maximum absolute atomic E-state index is 10.6. The molecule has 0 aliphatic rings. The molecule has 0 atom stereocenters. The number of nitrogens with one attached hydrogen (secondary N) is 2. The first-order valence-corrected chi connectivity index (χ1v) is 5.02. The number of aryl methyl sites for hydroxylation is 1. The molecule has 0 aliphatic carbocycles. The van der Waals surface area contributed by atoms with Crippen LogP contribution in [0.2, 0.25) is 0 Å². The Bertz CT molecular complexity index is 499. The maximum Gasteiger partial charge on any atom is 0.309 e. The van der Waals surface area contributed by atoms with Crippen molar-refractivity contribution in [2.75, 3.05) is 0 Å². The zero-order valence-corrected chi connectivity index (χ0v) is 8.95. The molecule has 5 heteroatoms. The molecule has 3 N–H and O–H groups in total. The van der Waals surface area contributed by atoms with Crippen molar-refractivity contribution in [2.24, 2.45) is 0 Å². The quantitative estimate of drug-likeness (QED) is 0.724. The van der Waals surface area contributed by atoms with Crippen LogP contribution in [0, 0.1) is 6.92 Å². The van der Waals surface area contributed by atoms with E-state index in [1.165, 1.54) is 5.56 Å². The highest BCUT2D eigenvalue weighted by Crippen LogP contribution is 2.14. The Morgan fingerprint density at radius 1 is 1.50 bits per heavy atom. The summed E-state index contributed by atoms with van der Waals surface area (Å²) in [6, 6.07) is 1.99. The average molecular weight is 219 g/mol. The van der Waals surface area contributed by atoms with Crippen molar-refractivity contribution in [2.45, 2.75) is 19.8 Å². The van der Waals surface area contributed by atoms with Crippen molar-refractivity contribution >= 4 is 5.97 Å². The Hall–Kier alpha value is -2.04. The molecule has 0 bridgehead atoms. The van der Waals surface area contributed by atoms with Crippen molar-refractivity contribution in [3.05, 3.63) is 41.0 Å². The minimum Gasteiger partial charge on any atom is -0.481 e. The first kappa shape index (κ1) is 10.5. The highest BCUT2D eigenvalue weighted by molar-refractivity contribution is 5.70. The van der Waals surface area contributed by atoms with Crippen LogP contribution in [-0.2, 0) is 17.6 Å². The number of aromatic nitrogens is 3. The van der Waals surface area contributed by atoms with Crippen LogP contribution in [0.5, 0.6) is 0 Å². The van der Waals surface area contributed by atoms with Gasteiger partial charge >= 0.3 is 5.97 Å². The van der Waals surface area contributed by atoms with E-state index in [2.05, 4.69) is 15.2 Å². The molecule has 0 radical (unpaired) electrons. The minimum absolute atomic E-state index is 0.0188. The fourth-order valence-corrected chi connectivity index (χ4v) is 1.66. The molecule has 5 nitrogen and oxygen atoms in total. The van der Waals surface area contributed by atoms with Gasteiger partial charge in [-0.05, 0) is 24.1 Å². The predicted molar refractivity (Wildman–Crippen MR) is 58.3 cm³/mol. The Kier molecular flexibility index (Phi) is 2.76. The summed E-state index contributed by atoms with van der Waals surface area (Å²) in [5.41, 5.74) is 3.85. The molecule has 0 fully saturated rings. The van der Waals surface area contributed by atoms with Crippen molar-refractivity contribution < 1.29 is 9.90 Å². The Labute approximate surface area is 92.5 Å². The summed E-state index contributed by atoms with van der Waals surface area (Å²) in [6.07, 6.45) is 4.22. The van der Waals surface area contributed by atoms with Crippen molar-refractivity contribution in [3.63, 3.8) is 0 Å². The van der Waals surface area contributed by atoms with Gasteiger partial charge in [-0.2, -0.15) is 5.10 Å². The van der Waals surface area contributed by atoms with E-state index in [1.807, 2.05) is 19.2 Å². The maximum atomic E-state index is 10.6. The Morgan fingerprint density at radius 3 is 2.94 bits per heavy atom. The molecule has 2 rings (SSSR count). The lowest BCUT2D eigenvalue weighted by Crippen LogP contribution is -2.03. The molecule has 2 aromatic heterocycles. The van der Waals surface area contributed by atoms with Crippen molar-refractivity contribution in [3.8, 4) is 0 Å². The SMILES string of the molecule is Cc1cc[nH]c1Cc1cn[nH]c1CC(=O)O. The third-order valence-corrected chi connectivity index (χ3v) is 2.57. The summed E-state index contributed by atoms with van der Waals surface area (Å²) in [6.45, 7) is 2.02. The first-order valence-electron chi connectivity index (χ1n) is 5.02. The zero-order valence-electron chi connectivity index (χ0n) is 8.95. The van der Waals surface area contributed by atoms with E-state index >= 15 is 0 Å².